The summed E-state index contributed by atoms with van der Waals surface area (Å²) in [6, 6.07) is 0. The van der Waals surface area contributed by atoms with Crippen molar-refractivity contribution in [3.05, 3.63) is 0 Å². The average molecular weight is 201 g/mol. The van der Waals surface area contributed by atoms with Crippen LogP contribution >= 0.6 is 0 Å². The first-order valence-corrected chi connectivity index (χ1v) is 4.98. The van der Waals surface area contributed by atoms with Crippen LogP contribution in [0.4, 0.5) is 0 Å². The highest BCUT2D eigenvalue weighted by atomic mass is 28.2. The van der Waals surface area contributed by atoms with Gasteiger partial charge in [0.15, 0.2) is 0 Å². The summed E-state index contributed by atoms with van der Waals surface area (Å²) in [5.74, 6) is -0.172. The fourth-order valence-electron chi connectivity index (χ4n) is 1.02. The molecule has 0 aromatic rings. The molecule has 0 rings (SSSR count). The lowest BCUT2D eigenvalue weighted by molar-refractivity contribution is -0.144. The Bertz CT molecular complexity index is 221. The van der Waals surface area contributed by atoms with E-state index in [1.54, 1.807) is 0 Å². The van der Waals surface area contributed by atoms with Crippen molar-refractivity contribution in [3.8, 4) is 0 Å². The summed E-state index contributed by atoms with van der Waals surface area (Å²) in [7, 11) is 0.429. The van der Waals surface area contributed by atoms with Crippen LogP contribution in [0.1, 0.15) is 26.7 Å². The summed E-state index contributed by atoms with van der Waals surface area (Å²) >= 11 is 0. The molecule has 0 saturated heterocycles. The van der Waals surface area contributed by atoms with Crippen LogP contribution < -0.4 is 0 Å². The molecule has 74 valence electrons. The molecule has 0 aromatic carbocycles. The maximum Gasteiger partial charge on any atom is 0.297 e. The van der Waals surface area contributed by atoms with Gasteiger partial charge in [-0.15, -0.1) is 0 Å². The Morgan fingerprint density at radius 3 is 2.69 bits per heavy atom. The lowest BCUT2D eigenvalue weighted by atomic mass is 9.88. The van der Waals surface area contributed by atoms with Crippen LogP contribution in [0.3, 0.4) is 0 Å². The highest BCUT2D eigenvalue weighted by Gasteiger charge is 2.27. The topological polar surface area (TPSA) is 55.7 Å². The molecule has 0 aromatic heterocycles. The van der Waals surface area contributed by atoms with Crippen molar-refractivity contribution in [1.29, 1.82) is 0 Å². The molecular weight excluding hydrogens is 186 g/mol. The third-order valence-corrected chi connectivity index (χ3v) is 2.25. The summed E-state index contributed by atoms with van der Waals surface area (Å²) in [5.41, 5.74) is -0.458. The van der Waals surface area contributed by atoms with E-state index >= 15 is 0 Å². The minimum absolute atomic E-state index is 0.172. The van der Waals surface area contributed by atoms with Crippen LogP contribution in [-0.2, 0) is 14.0 Å². The standard InChI is InChI=1S/C8H15NO3Si/c1-8(2,7(11)12-13)4-3-5-9-6-10/h3-5H2,1-2,13H3. The Hall–Kier alpha value is -0.933. The Kier molecular flexibility index (Phi) is 5.26. The van der Waals surface area contributed by atoms with E-state index in [0.29, 0.717) is 29.9 Å². The molecule has 13 heavy (non-hydrogen) atoms. The van der Waals surface area contributed by atoms with Crippen LogP contribution in [0.5, 0.6) is 0 Å². The second kappa shape index (κ2) is 5.67. The molecule has 0 saturated carbocycles. The van der Waals surface area contributed by atoms with Gasteiger partial charge in [0.05, 0.1) is 12.0 Å². The fourth-order valence-corrected chi connectivity index (χ4v) is 1.58. The largest absolute Gasteiger partial charge is 0.528 e. The van der Waals surface area contributed by atoms with Crippen molar-refractivity contribution in [3.63, 3.8) is 0 Å². The predicted molar refractivity (Wildman–Crippen MR) is 52.0 cm³/mol. The van der Waals surface area contributed by atoms with Crippen molar-refractivity contribution in [1.82, 2.24) is 0 Å². The Balaban J connectivity index is 3.88. The molecule has 0 atom stereocenters. The van der Waals surface area contributed by atoms with Crippen molar-refractivity contribution in [2.75, 3.05) is 6.54 Å². The van der Waals surface area contributed by atoms with Gasteiger partial charge in [0, 0.05) is 0 Å². The first-order valence-electron chi connectivity index (χ1n) is 4.16. The molecule has 0 fully saturated rings. The third kappa shape index (κ3) is 4.60. The highest BCUT2D eigenvalue weighted by molar-refractivity contribution is 6.06. The highest BCUT2D eigenvalue weighted by Crippen LogP contribution is 2.23. The number of aliphatic imine (C=N–C) groups is 1. The van der Waals surface area contributed by atoms with E-state index < -0.39 is 5.41 Å². The van der Waals surface area contributed by atoms with E-state index in [-0.39, 0.29) is 5.97 Å². The third-order valence-electron chi connectivity index (χ3n) is 1.87. The number of isocyanates is 1. The predicted octanol–water partition coefficient (Wildman–Crippen LogP) is -0.0478. The van der Waals surface area contributed by atoms with Gasteiger partial charge in [-0.3, -0.25) is 4.79 Å². The van der Waals surface area contributed by atoms with E-state index in [0.717, 1.165) is 0 Å². The molecule has 0 unspecified atom stereocenters. The first kappa shape index (κ1) is 12.1. The Morgan fingerprint density at radius 2 is 2.23 bits per heavy atom. The van der Waals surface area contributed by atoms with Crippen LogP contribution in [-0.4, -0.2) is 29.1 Å². The fraction of sp³-hybridized carbons (Fsp3) is 0.750. The smallest absolute Gasteiger partial charge is 0.297 e. The molecule has 0 aliphatic carbocycles. The maximum atomic E-state index is 11.2. The van der Waals surface area contributed by atoms with E-state index in [1.807, 2.05) is 13.8 Å². The van der Waals surface area contributed by atoms with Crippen LogP contribution in [0.25, 0.3) is 0 Å². The number of rotatable bonds is 5. The van der Waals surface area contributed by atoms with Crippen LogP contribution in [0.15, 0.2) is 4.99 Å². The van der Waals surface area contributed by atoms with Crippen molar-refractivity contribution < 1.29 is 14.0 Å². The zero-order valence-electron chi connectivity index (χ0n) is 8.29. The van der Waals surface area contributed by atoms with E-state index in [2.05, 4.69) is 4.99 Å². The normalized spacial score (nSPS) is 10.6. The summed E-state index contributed by atoms with van der Waals surface area (Å²) in [5, 5.41) is 0. The number of hydrogen-bond donors (Lipinski definition) is 0. The quantitative estimate of drug-likeness (QED) is 0.271. The van der Waals surface area contributed by atoms with Gasteiger partial charge in [-0.05, 0) is 26.7 Å². The summed E-state index contributed by atoms with van der Waals surface area (Å²) in [6.45, 7) is 4.09. The molecule has 0 spiro atoms. The van der Waals surface area contributed by atoms with Gasteiger partial charge in [0.1, 0.15) is 0 Å². The van der Waals surface area contributed by atoms with Gasteiger partial charge in [-0.2, -0.15) is 0 Å². The molecule has 0 aliphatic heterocycles. The zero-order chi connectivity index (χ0) is 10.3. The van der Waals surface area contributed by atoms with Gasteiger partial charge < -0.3 is 4.43 Å². The molecule has 0 heterocycles. The Labute approximate surface area is 80.9 Å². The molecule has 0 radical (unpaired) electrons. The molecule has 4 nitrogen and oxygen atoms in total. The van der Waals surface area contributed by atoms with Gasteiger partial charge in [0.25, 0.3) is 5.97 Å². The second-order valence-corrected chi connectivity index (χ2v) is 3.86. The SMILES string of the molecule is CC(C)(CCCN=C=O)C(=O)O[SiH3]. The first-order chi connectivity index (χ1) is 6.04. The molecule has 0 amide bonds. The minimum Gasteiger partial charge on any atom is -0.528 e. The van der Waals surface area contributed by atoms with E-state index in [1.165, 1.54) is 6.08 Å². The number of carbonyl (C=O) groups excluding carboxylic acids is 2. The molecule has 0 N–H and O–H groups in total. The molecule has 0 bridgehead atoms. The van der Waals surface area contributed by atoms with Crippen molar-refractivity contribution >= 4 is 22.5 Å². The van der Waals surface area contributed by atoms with Gasteiger partial charge in [-0.1, -0.05) is 0 Å². The molecule has 5 heteroatoms. The summed E-state index contributed by atoms with van der Waals surface area (Å²) in [6.07, 6.45) is 2.85. The number of nitrogens with zero attached hydrogens (tertiary/aromatic N) is 1. The maximum absolute atomic E-state index is 11.2. The summed E-state index contributed by atoms with van der Waals surface area (Å²) in [4.78, 5) is 24.4. The second-order valence-electron chi connectivity index (χ2n) is 3.45. The monoisotopic (exact) mass is 201 g/mol. The zero-order valence-corrected chi connectivity index (χ0v) is 10.3. The number of hydrogen-bond acceptors (Lipinski definition) is 4. The lowest BCUT2D eigenvalue weighted by Crippen LogP contribution is -2.26. The van der Waals surface area contributed by atoms with Crippen LogP contribution in [0.2, 0.25) is 0 Å². The lowest BCUT2D eigenvalue weighted by Gasteiger charge is -2.20. The van der Waals surface area contributed by atoms with Gasteiger partial charge >= 0.3 is 0 Å². The van der Waals surface area contributed by atoms with Crippen LogP contribution in [0, 0.1) is 5.41 Å². The van der Waals surface area contributed by atoms with E-state index in [4.69, 9.17) is 4.43 Å². The number of carbonyl (C=O) groups is 1. The molecular formula is C8H15NO3Si. The summed E-state index contributed by atoms with van der Waals surface area (Å²) < 4.78 is 4.76. The molecule has 0 aliphatic rings. The van der Waals surface area contributed by atoms with E-state index in [9.17, 15) is 9.59 Å². The Morgan fingerprint density at radius 1 is 1.62 bits per heavy atom. The van der Waals surface area contributed by atoms with Crippen molar-refractivity contribution in [2.45, 2.75) is 26.7 Å². The van der Waals surface area contributed by atoms with Gasteiger partial charge in [0.2, 0.25) is 16.6 Å². The van der Waals surface area contributed by atoms with Crippen molar-refractivity contribution in [2.24, 2.45) is 10.4 Å². The van der Waals surface area contributed by atoms with Gasteiger partial charge in [-0.25, -0.2) is 9.79 Å². The average Bonchev–Trinajstić information content (AvgIpc) is 2.11. The minimum atomic E-state index is -0.458.